The van der Waals surface area contributed by atoms with Crippen LogP contribution in [-0.4, -0.2) is 45.8 Å². The zero-order chi connectivity index (χ0) is 20.6. The molecular weight excluding hydrogens is 364 g/mol. The van der Waals surface area contributed by atoms with Crippen molar-refractivity contribution in [3.63, 3.8) is 0 Å². The fraction of sp³-hybridized carbons (Fsp3) is 0.478. The van der Waals surface area contributed by atoms with E-state index in [2.05, 4.69) is 53.4 Å². The number of carbonyl (C=O) groups is 1. The van der Waals surface area contributed by atoms with Gasteiger partial charge in [-0.1, -0.05) is 6.08 Å². The molecule has 1 amide bonds. The van der Waals surface area contributed by atoms with E-state index >= 15 is 0 Å². The predicted octanol–water partition coefficient (Wildman–Crippen LogP) is 3.96. The maximum absolute atomic E-state index is 12.5. The van der Waals surface area contributed by atoms with E-state index in [9.17, 15) is 4.79 Å². The Balaban J connectivity index is 1.34. The molecule has 1 fully saturated rings. The lowest BCUT2D eigenvalue weighted by molar-refractivity contribution is -0.118. The molecule has 1 aromatic heterocycles. The van der Waals surface area contributed by atoms with Gasteiger partial charge in [-0.05, 0) is 57.0 Å². The van der Waals surface area contributed by atoms with Crippen LogP contribution in [0.2, 0.25) is 0 Å². The van der Waals surface area contributed by atoms with Crippen molar-refractivity contribution in [2.24, 2.45) is 0 Å². The topological polar surface area (TPSA) is 59.4 Å². The van der Waals surface area contributed by atoms with E-state index in [0.717, 1.165) is 43.1 Å². The first-order chi connectivity index (χ1) is 13.8. The number of ether oxygens (including phenoxy) is 1. The average Bonchev–Trinajstić information content (AvgIpc) is 3.13. The van der Waals surface area contributed by atoms with E-state index < -0.39 is 0 Å². The fourth-order valence-electron chi connectivity index (χ4n) is 4.09. The van der Waals surface area contributed by atoms with Gasteiger partial charge in [0, 0.05) is 43.6 Å². The summed E-state index contributed by atoms with van der Waals surface area (Å²) >= 11 is 0. The number of hydrogen-bond acceptors (Lipinski definition) is 4. The van der Waals surface area contributed by atoms with Crippen LogP contribution in [0, 0.1) is 13.8 Å². The number of amides is 1. The van der Waals surface area contributed by atoms with Gasteiger partial charge in [-0.15, -0.1) is 0 Å². The fourth-order valence-corrected chi connectivity index (χ4v) is 4.09. The Morgan fingerprint density at radius 3 is 2.69 bits per heavy atom. The normalized spacial score (nSPS) is 18.0. The summed E-state index contributed by atoms with van der Waals surface area (Å²) in [7, 11) is 0. The highest BCUT2D eigenvalue weighted by atomic mass is 16.5. The smallest absolute Gasteiger partial charge is 0.239 e. The van der Waals surface area contributed by atoms with Gasteiger partial charge in [0.25, 0.3) is 0 Å². The molecule has 2 aliphatic heterocycles. The Kier molecular flexibility index (Phi) is 5.21. The Hall–Kier alpha value is -2.60. The maximum Gasteiger partial charge on any atom is 0.239 e. The lowest BCUT2D eigenvalue weighted by atomic mass is 9.87. The summed E-state index contributed by atoms with van der Waals surface area (Å²) in [5.41, 5.74) is 3.44. The Bertz CT molecular complexity index is 936. The molecule has 4 rings (SSSR count). The van der Waals surface area contributed by atoms with E-state index in [1.54, 1.807) is 6.20 Å². The van der Waals surface area contributed by atoms with Crippen molar-refractivity contribution in [1.82, 2.24) is 14.7 Å². The predicted molar refractivity (Wildman–Crippen MR) is 115 cm³/mol. The van der Waals surface area contributed by atoms with Gasteiger partial charge in [0.2, 0.25) is 5.91 Å². The molecule has 1 spiro atoms. The van der Waals surface area contributed by atoms with Crippen molar-refractivity contribution >= 4 is 17.8 Å². The highest BCUT2D eigenvalue weighted by molar-refractivity contribution is 5.91. The minimum absolute atomic E-state index is 0.0000924. The molecule has 1 saturated heterocycles. The van der Waals surface area contributed by atoms with Gasteiger partial charge in [-0.3, -0.25) is 9.69 Å². The number of anilines is 1. The van der Waals surface area contributed by atoms with Crippen LogP contribution in [0.1, 0.15) is 49.4 Å². The Morgan fingerprint density at radius 1 is 1.24 bits per heavy atom. The summed E-state index contributed by atoms with van der Waals surface area (Å²) in [6, 6.07) is 6.38. The molecule has 2 aliphatic rings. The number of likely N-dealkylation sites (tertiary alicyclic amines) is 1. The summed E-state index contributed by atoms with van der Waals surface area (Å²) in [6.07, 6.45) is 7.89. The number of nitrogens with one attached hydrogen (secondary N) is 1. The summed E-state index contributed by atoms with van der Waals surface area (Å²) in [6.45, 7) is 10.4. The molecule has 6 nitrogen and oxygen atoms in total. The molecule has 0 saturated carbocycles. The number of carbonyl (C=O) groups excluding carboxylic acids is 1. The average molecular weight is 395 g/mol. The molecule has 2 aromatic rings. The number of nitrogens with zero attached hydrogens (tertiary/aromatic N) is 3. The van der Waals surface area contributed by atoms with Crippen molar-refractivity contribution in [2.45, 2.75) is 52.2 Å². The van der Waals surface area contributed by atoms with Crippen molar-refractivity contribution < 1.29 is 9.53 Å². The largest absolute Gasteiger partial charge is 0.482 e. The quantitative estimate of drug-likeness (QED) is 0.853. The molecule has 154 valence electrons. The minimum atomic E-state index is -0.252. The van der Waals surface area contributed by atoms with E-state index in [1.165, 1.54) is 11.1 Å². The van der Waals surface area contributed by atoms with Gasteiger partial charge in [-0.25, -0.2) is 4.68 Å². The van der Waals surface area contributed by atoms with Gasteiger partial charge in [0.05, 0.1) is 12.7 Å². The highest BCUT2D eigenvalue weighted by Gasteiger charge is 2.37. The third kappa shape index (κ3) is 4.08. The van der Waals surface area contributed by atoms with E-state index in [-0.39, 0.29) is 17.6 Å². The maximum atomic E-state index is 12.5. The number of aryl methyl sites for hydroxylation is 2. The van der Waals surface area contributed by atoms with Crippen molar-refractivity contribution in [3.8, 4) is 5.75 Å². The molecule has 0 bridgehead atoms. The lowest BCUT2D eigenvalue weighted by Gasteiger charge is -2.41. The number of piperidine rings is 1. The van der Waals surface area contributed by atoms with Crippen LogP contribution in [0.4, 0.5) is 5.82 Å². The zero-order valence-electron chi connectivity index (χ0n) is 17.7. The zero-order valence-corrected chi connectivity index (χ0v) is 17.7. The monoisotopic (exact) mass is 394 g/mol. The summed E-state index contributed by atoms with van der Waals surface area (Å²) < 4.78 is 8.28. The van der Waals surface area contributed by atoms with Gasteiger partial charge in [-0.2, -0.15) is 5.10 Å². The van der Waals surface area contributed by atoms with Crippen LogP contribution >= 0.6 is 0 Å². The van der Waals surface area contributed by atoms with E-state index in [1.807, 2.05) is 24.6 Å². The molecule has 1 N–H and O–H groups in total. The molecule has 0 radical (unpaired) electrons. The molecule has 0 unspecified atom stereocenters. The first-order valence-electron chi connectivity index (χ1n) is 10.4. The van der Waals surface area contributed by atoms with E-state index in [4.69, 9.17) is 4.74 Å². The summed E-state index contributed by atoms with van der Waals surface area (Å²) in [4.78, 5) is 14.7. The van der Waals surface area contributed by atoms with Crippen LogP contribution in [0.25, 0.3) is 6.08 Å². The number of aromatic nitrogens is 2. The van der Waals surface area contributed by atoms with Crippen LogP contribution in [-0.2, 0) is 4.79 Å². The third-order valence-electron chi connectivity index (χ3n) is 6.00. The molecular formula is C23H30N4O2. The number of rotatable bonds is 4. The summed E-state index contributed by atoms with van der Waals surface area (Å²) in [5, 5.41) is 7.26. The van der Waals surface area contributed by atoms with Crippen molar-refractivity contribution in [2.75, 3.05) is 25.0 Å². The van der Waals surface area contributed by atoms with Crippen LogP contribution in [0.15, 0.2) is 30.5 Å². The number of hydrogen-bond donors (Lipinski definition) is 1. The Morgan fingerprint density at radius 2 is 1.97 bits per heavy atom. The number of benzene rings is 1. The minimum Gasteiger partial charge on any atom is -0.482 e. The first-order valence-corrected chi connectivity index (χ1v) is 10.4. The van der Waals surface area contributed by atoms with Crippen LogP contribution in [0.5, 0.6) is 5.75 Å². The second-order valence-corrected chi connectivity index (χ2v) is 8.55. The van der Waals surface area contributed by atoms with Crippen molar-refractivity contribution in [3.05, 3.63) is 47.2 Å². The molecule has 29 heavy (non-hydrogen) atoms. The Labute approximate surface area is 172 Å². The van der Waals surface area contributed by atoms with Gasteiger partial charge >= 0.3 is 0 Å². The van der Waals surface area contributed by atoms with Gasteiger partial charge < -0.3 is 10.1 Å². The molecule has 3 heterocycles. The van der Waals surface area contributed by atoms with Gasteiger partial charge in [0.1, 0.15) is 17.2 Å². The van der Waals surface area contributed by atoms with Crippen LogP contribution < -0.4 is 10.1 Å². The standard InChI is InChI=1S/C23H30N4O2/c1-16(2)27-21(6-10-24-27)25-22(28)15-26-11-8-23(9-12-26)7-5-19-13-17(3)18(4)14-20(19)29-23/h5-7,10,13-14,16H,8-9,11-12,15H2,1-4H3,(H,25,28). The SMILES string of the molecule is Cc1cc2c(cc1C)OC1(C=C2)CCN(CC(=O)Nc2ccnn2C(C)C)CC1. The number of fused-ring (bicyclic) bond motifs is 1. The lowest BCUT2D eigenvalue weighted by Crippen LogP contribution is -2.49. The van der Waals surface area contributed by atoms with Crippen molar-refractivity contribution in [1.29, 1.82) is 0 Å². The first kappa shape index (κ1) is 19.7. The molecule has 1 aromatic carbocycles. The molecule has 6 heteroatoms. The second kappa shape index (κ2) is 7.67. The molecule has 0 atom stereocenters. The second-order valence-electron chi connectivity index (χ2n) is 8.55. The molecule has 0 aliphatic carbocycles. The highest BCUT2D eigenvalue weighted by Crippen LogP contribution is 2.38. The van der Waals surface area contributed by atoms with E-state index in [0.29, 0.717) is 6.54 Å². The third-order valence-corrected chi connectivity index (χ3v) is 6.00. The summed E-state index contributed by atoms with van der Waals surface area (Å²) in [5.74, 6) is 1.72. The van der Waals surface area contributed by atoms with Crippen LogP contribution in [0.3, 0.4) is 0 Å². The van der Waals surface area contributed by atoms with Gasteiger partial charge in [0.15, 0.2) is 0 Å².